The highest BCUT2D eigenvalue weighted by atomic mass is 16.5. The van der Waals surface area contributed by atoms with Gasteiger partial charge in [0, 0.05) is 19.6 Å². The molecular formula is C14H27N5O. The summed E-state index contributed by atoms with van der Waals surface area (Å²) in [5.74, 6) is 1.28. The summed E-state index contributed by atoms with van der Waals surface area (Å²) in [5.41, 5.74) is 0. The molecule has 0 aliphatic heterocycles. The largest absolute Gasteiger partial charge is 0.467 e. The topological polar surface area (TPSA) is 63.2 Å². The lowest BCUT2D eigenvalue weighted by atomic mass is 10.3. The van der Waals surface area contributed by atoms with Crippen LogP contribution in [-0.2, 0) is 0 Å². The quantitative estimate of drug-likeness (QED) is 0.711. The second kappa shape index (κ2) is 9.34. The minimum absolute atomic E-state index is 0.365. The summed E-state index contributed by atoms with van der Waals surface area (Å²) in [4.78, 5) is 15.3. The molecule has 0 fully saturated rings. The first-order valence-corrected chi connectivity index (χ1v) is 7.53. The number of hydrogen-bond donors (Lipinski definition) is 1. The van der Waals surface area contributed by atoms with Gasteiger partial charge in [0.05, 0.1) is 7.11 Å². The van der Waals surface area contributed by atoms with Crippen LogP contribution >= 0.6 is 0 Å². The van der Waals surface area contributed by atoms with Crippen molar-refractivity contribution in [2.45, 2.75) is 46.5 Å². The van der Waals surface area contributed by atoms with Crippen LogP contribution in [0.2, 0.25) is 0 Å². The standard InChI is InChI=1S/C14H27N5O/c1-5-8-10-19(11-9-6-2)13-16-12(15-7-3)17-14(18-13)20-4/h5-11H2,1-4H3,(H,15,16,17,18). The predicted molar refractivity (Wildman–Crippen MR) is 82.6 cm³/mol. The molecule has 114 valence electrons. The Morgan fingerprint density at radius 1 is 1.00 bits per heavy atom. The van der Waals surface area contributed by atoms with Gasteiger partial charge in [0.25, 0.3) is 0 Å². The molecule has 6 nitrogen and oxygen atoms in total. The lowest BCUT2D eigenvalue weighted by Crippen LogP contribution is -2.28. The van der Waals surface area contributed by atoms with Crippen molar-refractivity contribution in [1.82, 2.24) is 15.0 Å². The maximum Gasteiger partial charge on any atom is 0.322 e. The van der Waals surface area contributed by atoms with Gasteiger partial charge < -0.3 is 15.0 Å². The molecule has 0 amide bonds. The third kappa shape index (κ3) is 5.19. The third-order valence-electron chi connectivity index (χ3n) is 2.97. The Kier molecular flexibility index (Phi) is 7.69. The molecule has 0 unspecified atom stereocenters. The molecule has 6 heteroatoms. The lowest BCUT2D eigenvalue weighted by molar-refractivity contribution is 0.378. The van der Waals surface area contributed by atoms with Crippen LogP contribution in [0.15, 0.2) is 0 Å². The van der Waals surface area contributed by atoms with Gasteiger partial charge in [-0.1, -0.05) is 26.7 Å². The van der Waals surface area contributed by atoms with E-state index in [4.69, 9.17) is 4.74 Å². The number of ether oxygens (including phenoxy) is 1. The molecule has 0 bridgehead atoms. The maximum atomic E-state index is 5.17. The Labute approximate surface area is 122 Å². The fraction of sp³-hybridized carbons (Fsp3) is 0.786. The molecule has 20 heavy (non-hydrogen) atoms. The SMILES string of the molecule is CCCCN(CCCC)c1nc(NCC)nc(OC)n1. The summed E-state index contributed by atoms with van der Waals surface area (Å²) >= 11 is 0. The van der Waals surface area contributed by atoms with Gasteiger partial charge in [0.2, 0.25) is 11.9 Å². The van der Waals surface area contributed by atoms with Crippen LogP contribution in [0.3, 0.4) is 0 Å². The highest BCUT2D eigenvalue weighted by Crippen LogP contribution is 2.16. The van der Waals surface area contributed by atoms with E-state index in [0.29, 0.717) is 17.9 Å². The average Bonchev–Trinajstić information content (AvgIpc) is 2.47. The van der Waals surface area contributed by atoms with Gasteiger partial charge in [-0.3, -0.25) is 0 Å². The van der Waals surface area contributed by atoms with E-state index < -0.39 is 0 Å². The van der Waals surface area contributed by atoms with Crippen molar-refractivity contribution in [2.75, 3.05) is 37.0 Å². The number of hydrogen-bond acceptors (Lipinski definition) is 6. The molecule has 1 heterocycles. The zero-order valence-electron chi connectivity index (χ0n) is 13.1. The second-order valence-electron chi connectivity index (χ2n) is 4.67. The van der Waals surface area contributed by atoms with Gasteiger partial charge in [-0.05, 0) is 19.8 Å². The fourth-order valence-corrected chi connectivity index (χ4v) is 1.83. The van der Waals surface area contributed by atoms with Crippen molar-refractivity contribution >= 4 is 11.9 Å². The van der Waals surface area contributed by atoms with Crippen LogP contribution < -0.4 is 15.0 Å². The normalized spacial score (nSPS) is 10.4. The smallest absolute Gasteiger partial charge is 0.322 e. The Balaban J connectivity index is 2.93. The summed E-state index contributed by atoms with van der Waals surface area (Å²) in [6.45, 7) is 9.11. The predicted octanol–water partition coefficient (Wildman–Crippen LogP) is 2.72. The highest BCUT2D eigenvalue weighted by molar-refractivity contribution is 5.38. The van der Waals surface area contributed by atoms with Crippen molar-refractivity contribution in [3.05, 3.63) is 0 Å². The highest BCUT2D eigenvalue weighted by Gasteiger charge is 2.13. The second-order valence-corrected chi connectivity index (χ2v) is 4.67. The number of nitrogens with zero attached hydrogens (tertiary/aromatic N) is 4. The van der Waals surface area contributed by atoms with E-state index in [1.165, 1.54) is 0 Å². The van der Waals surface area contributed by atoms with E-state index in [1.807, 2.05) is 6.92 Å². The van der Waals surface area contributed by atoms with Gasteiger partial charge in [-0.2, -0.15) is 15.0 Å². The Morgan fingerprint density at radius 2 is 1.65 bits per heavy atom. The molecule has 0 saturated carbocycles. The van der Waals surface area contributed by atoms with Crippen LogP contribution in [-0.4, -0.2) is 41.7 Å². The average molecular weight is 281 g/mol. The maximum absolute atomic E-state index is 5.17. The summed E-state index contributed by atoms with van der Waals surface area (Å²) < 4.78 is 5.17. The Morgan fingerprint density at radius 3 is 2.15 bits per heavy atom. The minimum Gasteiger partial charge on any atom is -0.467 e. The van der Waals surface area contributed by atoms with Gasteiger partial charge in [0.15, 0.2) is 0 Å². The monoisotopic (exact) mass is 281 g/mol. The number of anilines is 2. The molecule has 0 aliphatic rings. The van der Waals surface area contributed by atoms with Crippen molar-refractivity contribution < 1.29 is 4.74 Å². The number of unbranched alkanes of at least 4 members (excludes halogenated alkanes) is 2. The summed E-state index contributed by atoms with van der Waals surface area (Å²) in [6.07, 6.45) is 4.58. The molecule has 0 saturated heterocycles. The molecule has 0 radical (unpaired) electrons. The lowest BCUT2D eigenvalue weighted by Gasteiger charge is -2.22. The number of rotatable bonds is 10. The van der Waals surface area contributed by atoms with Gasteiger partial charge in [0.1, 0.15) is 0 Å². The molecular weight excluding hydrogens is 254 g/mol. The van der Waals surface area contributed by atoms with Crippen LogP contribution in [0, 0.1) is 0 Å². The molecule has 1 N–H and O–H groups in total. The Bertz CT molecular complexity index is 378. The molecule has 1 aromatic heterocycles. The third-order valence-corrected chi connectivity index (χ3v) is 2.97. The minimum atomic E-state index is 0.365. The van der Waals surface area contributed by atoms with Gasteiger partial charge in [-0.15, -0.1) is 0 Å². The molecule has 0 spiro atoms. The van der Waals surface area contributed by atoms with E-state index in [0.717, 1.165) is 45.3 Å². The zero-order valence-corrected chi connectivity index (χ0v) is 13.1. The molecule has 0 aliphatic carbocycles. The molecule has 1 rings (SSSR count). The molecule has 1 aromatic rings. The number of methoxy groups -OCH3 is 1. The van der Waals surface area contributed by atoms with E-state index in [-0.39, 0.29) is 0 Å². The van der Waals surface area contributed by atoms with Crippen molar-refractivity contribution in [2.24, 2.45) is 0 Å². The van der Waals surface area contributed by atoms with E-state index in [2.05, 4.69) is 39.0 Å². The fourth-order valence-electron chi connectivity index (χ4n) is 1.83. The molecule has 0 aromatic carbocycles. The first-order chi connectivity index (χ1) is 9.74. The van der Waals surface area contributed by atoms with Crippen molar-refractivity contribution in [3.63, 3.8) is 0 Å². The summed E-state index contributed by atoms with van der Waals surface area (Å²) in [7, 11) is 1.58. The number of aromatic nitrogens is 3. The van der Waals surface area contributed by atoms with E-state index >= 15 is 0 Å². The van der Waals surface area contributed by atoms with Crippen LogP contribution in [0.5, 0.6) is 6.01 Å². The van der Waals surface area contributed by atoms with E-state index in [1.54, 1.807) is 7.11 Å². The first-order valence-electron chi connectivity index (χ1n) is 7.53. The summed E-state index contributed by atoms with van der Waals surface area (Å²) in [5, 5.41) is 3.12. The van der Waals surface area contributed by atoms with Crippen LogP contribution in [0.4, 0.5) is 11.9 Å². The van der Waals surface area contributed by atoms with Gasteiger partial charge >= 0.3 is 6.01 Å². The summed E-state index contributed by atoms with van der Waals surface area (Å²) in [6, 6.07) is 0.365. The molecule has 0 atom stereocenters. The Hall–Kier alpha value is -1.59. The van der Waals surface area contributed by atoms with Crippen LogP contribution in [0.1, 0.15) is 46.5 Å². The number of nitrogens with one attached hydrogen (secondary N) is 1. The zero-order chi connectivity index (χ0) is 14.8. The first kappa shape index (κ1) is 16.5. The van der Waals surface area contributed by atoms with Crippen LogP contribution in [0.25, 0.3) is 0 Å². The van der Waals surface area contributed by atoms with E-state index in [9.17, 15) is 0 Å². The van der Waals surface area contributed by atoms with Crippen molar-refractivity contribution in [1.29, 1.82) is 0 Å². The van der Waals surface area contributed by atoms with Gasteiger partial charge in [-0.25, -0.2) is 0 Å². The van der Waals surface area contributed by atoms with Crippen molar-refractivity contribution in [3.8, 4) is 6.01 Å².